The molecule has 1 aliphatic carbocycles. The summed E-state index contributed by atoms with van der Waals surface area (Å²) >= 11 is 0. The van der Waals surface area contributed by atoms with E-state index in [0.717, 1.165) is 12.8 Å². The minimum atomic E-state index is -0.654. The molecule has 1 fully saturated rings. The fourth-order valence-electron chi connectivity index (χ4n) is 2.61. The number of esters is 1. The van der Waals surface area contributed by atoms with Crippen molar-refractivity contribution in [2.45, 2.75) is 38.5 Å². The molecule has 0 spiro atoms. The fourth-order valence-corrected chi connectivity index (χ4v) is 2.61. The predicted octanol–water partition coefficient (Wildman–Crippen LogP) is 2.51. The number of rotatable bonds is 2. The molecule has 0 aromatic carbocycles. The SMILES string of the molecule is COC(=O)[C@@H]1CCCC[C@H]1c1nn(F)c(C)c1F. The van der Waals surface area contributed by atoms with Gasteiger partial charge in [-0.05, 0) is 19.8 Å². The number of carbonyl (C=O) groups is 1. The average Bonchev–Trinajstić information content (AvgIpc) is 2.65. The molecule has 18 heavy (non-hydrogen) atoms. The predicted molar refractivity (Wildman–Crippen MR) is 60.1 cm³/mol. The van der Waals surface area contributed by atoms with E-state index in [9.17, 15) is 13.7 Å². The lowest BCUT2D eigenvalue weighted by molar-refractivity contribution is -0.147. The molecule has 0 N–H and O–H groups in total. The quantitative estimate of drug-likeness (QED) is 0.765. The van der Waals surface area contributed by atoms with Gasteiger partial charge in [-0.25, -0.2) is 4.39 Å². The highest BCUT2D eigenvalue weighted by Gasteiger charge is 2.37. The van der Waals surface area contributed by atoms with Crippen molar-refractivity contribution in [2.24, 2.45) is 5.92 Å². The van der Waals surface area contributed by atoms with Gasteiger partial charge in [-0.3, -0.25) is 4.79 Å². The second-order valence-electron chi connectivity index (χ2n) is 4.67. The van der Waals surface area contributed by atoms with Crippen LogP contribution in [0.2, 0.25) is 0 Å². The zero-order chi connectivity index (χ0) is 13.3. The Morgan fingerprint density at radius 1 is 1.44 bits per heavy atom. The van der Waals surface area contributed by atoms with Crippen molar-refractivity contribution in [1.82, 2.24) is 10.0 Å². The zero-order valence-corrected chi connectivity index (χ0v) is 10.4. The molecule has 0 amide bonds. The Balaban J connectivity index is 2.33. The maximum Gasteiger partial charge on any atom is 0.309 e. The van der Waals surface area contributed by atoms with Crippen molar-refractivity contribution in [1.29, 1.82) is 0 Å². The van der Waals surface area contributed by atoms with E-state index in [1.165, 1.54) is 14.0 Å². The van der Waals surface area contributed by atoms with Gasteiger partial charge >= 0.3 is 5.97 Å². The molecule has 1 heterocycles. The lowest BCUT2D eigenvalue weighted by atomic mass is 9.77. The Bertz CT molecular complexity index is 459. The first kappa shape index (κ1) is 13.0. The van der Waals surface area contributed by atoms with Crippen molar-refractivity contribution >= 4 is 5.97 Å². The third kappa shape index (κ3) is 2.11. The molecule has 0 saturated heterocycles. The standard InChI is InChI=1S/C12H16F2N2O2/c1-7-10(13)11(15-16(7)14)8-5-3-4-6-9(8)12(17)18-2/h8-9H,3-6H2,1-2H3/t8-,9-/m1/s1. The second kappa shape index (κ2) is 5.04. The van der Waals surface area contributed by atoms with Crippen LogP contribution in [-0.4, -0.2) is 23.1 Å². The first-order valence-electron chi connectivity index (χ1n) is 6.05. The smallest absolute Gasteiger partial charge is 0.309 e. The summed E-state index contributed by atoms with van der Waals surface area (Å²) in [6.45, 7) is 1.32. The molecule has 1 aliphatic rings. The van der Waals surface area contributed by atoms with Crippen LogP contribution in [-0.2, 0) is 9.53 Å². The highest BCUT2D eigenvalue weighted by atomic mass is 19.2. The van der Waals surface area contributed by atoms with Crippen molar-refractivity contribution in [3.63, 3.8) is 0 Å². The summed E-state index contributed by atoms with van der Waals surface area (Å²) in [6, 6.07) is 0. The maximum absolute atomic E-state index is 13.9. The number of hydrogen-bond acceptors (Lipinski definition) is 3. The molecule has 0 radical (unpaired) electrons. The van der Waals surface area contributed by atoms with Gasteiger partial charge in [0.25, 0.3) is 0 Å². The van der Waals surface area contributed by atoms with Crippen LogP contribution in [0, 0.1) is 18.7 Å². The number of methoxy groups -OCH3 is 1. The molecule has 0 aliphatic heterocycles. The highest BCUT2D eigenvalue weighted by molar-refractivity contribution is 5.73. The molecular weight excluding hydrogens is 242 g/mol. The molecule has 1 saturated carbocycles. The molecule has 4 nitrogen and oxygen atoms in total. The van der Waals surface area contributed by atoms with Gasteiger partial charge in [0.1, 0.15) is 11.4 Å². The molecule has 1 aromatic heterocycles. The van der Waals surface area contributed by atoms with E-state index in [0.29, 0.717) is 12.8 Å². The van der Waals surface area contributed by atoms with Gasteiger partial charge in [0.2, 0.25) is 0 Å². The van der Waals surface area contributed by atoms with E-state index >= 15 is 0 Å². The molecule has 2 atom stereocenters. The van der Waals surface area contributed by atoms with Crippen LogP contribution in [0.15, 0.2) is 0 Å². The van der Waals surface area contributed by atoms with E-state index in [2.05, 4.69) is 5.10 Å². The summed E-state index contributed by atoms with van der Waals surface area (Å²) in [7, 11) is 1.31. The first-order chi connectivity index (χ1) is 8.56. The monoisotopic (exact) mass is 258 g/mol. The van der Waals surface area contributed by atoms with Crippen LogP contribution in [0.4, 0.5) is 8.87 Å². The normalized spacial score (nSPS) is 24.0. The molecule has 0 bridgehead atoms. The van der Waals surface area contributed by atoms with Gasteiger partial charge in [-0.1, -0.05) is 22.2 Å². The van der Waals surface area contributed by atoms with Crippen LogP contribution in [0.3, 0.4) is 0 Å². The van der Waals surface area contributed by atoms with Gasteiger partial charge in [-0.2, -0.15) is 0 Å². The van der Waals surface area contributed by atoms with Gasteiger partial charge in [0, 0.05) is 5.92 Å². The van der Waals surface area contributed by atoms with Crippen LogP contribution in [0.5, 0.6) is 0 Å². The van der Waals surface area contributed by atoms with E-state index < -0.39 is 11.7 Å². The minimum Gasteiger partial charge on any atom is -0.469 e. The Morgan fingerprint density at radius 3 is 2.67 bits per heavy atom. The van der Waals surface area contributed by atoms with Crippen molar-refractivity contribution in [3.8, 4) is 0 Å². The molecule has 1 aromatic rings. The number of aromatic nitrogens is 2. The summed E-state index contributed by atoms with van der Waals surface area (Å²) in [5, 5.41) is 3.57. The fraction of sp³-hybridized carbons (Fsp3) is 0.667. The Labute approximate surface area is 104 Å². The summed E-state index contributed by atoms with van der Waals surface area (Å²) < 4.78 is 31.8. The van der Waals surface area contributed by atoms with E-state index in [1.807, 2.05) is 0 Å². The molecular formula is C12H16F2N2O2. The molecule has 2 rings (SSSR count). The van der Waals surface area contributed by atoms with Gasteiger partial charge < -0.3 is 4.74 Å². The third-order valence-electron chi connectivity index (χ3n) is 3.64. The van der Waals surface area contributed by atoms with Gasteiger partial charge in [0.15, 0.2) is 5.82 Å². The lowest BCUT2D eigenvalue weighted by Gasteiger charge is -2.28. The number of ether oxygens (including phenoxy) is 1. The van der Waals surface area contributed by atoms with E-state index in [-0.39, 0.29) is 28.2 Å². The number of carbonyl (C=O) groups excluding carboxylic acids is 1. The zero-order valence-electron chi connectivity index (χ0n) is 10.4. The number of halogens is 2. The molecule has 100 valence electrons. The minimum absolute atomic E-state index is 0.0353. The second-order valence-corrected chi connectivity index (χ2v) is 4.67. The number of hydrogen-bond donors (Lipinski definition) is 0. The largest absolute Gasteiger partial charge is 0.469 e. The third-order valence-corrected chi connectivity index (χ3v) is 3.64. The Hall–Kier alpha value is -1.46. The molecule has 6 heteroatoms. The van der Waals surface area contributed by atoms with Gasteiger partial charge in [-0.15, -0.1) is 5.10 Å². The highest BCUT2D eigenvalue weighted by Crippen LogP contribution is 2.39. The Kier molecular flexibility index (Phi) is 3.63. The lowest BCUT2D eigenvalue weighted by Crippen LogP contribution is -2.27. The summed E-state index contributed by atoms with van der Waals surface area (Å²) in [5.74, 6) is -1.84. The molecule has 0 unspecified atom stereocenters. The maximum atomic E-state index is 13.9. The van der Waals surface area contributed by atoms with Crippen LogP contribution >= 0.6 is 0 Å². The van der Waals surface area contributed by atoms with Crippen LogP contribution in [0.1, 0.15) is 43.0 Å². The topological polar surface area (TPSA) is 44.1 Å². The number of nitrogens with zero attached hydrogens (tertiary/aromatic N) is 2. The van der Waals surface area contributed by atoms with Crippen molar-refractivity contribution in [2.75, 3.05) is 7.11 Å². The summed E-state index contributed by atoms with van der Waals surface area (Å²) in [5.41, 5.74) is -0.107. The van der Waals surface area contributed by atoms with E-state index in [1.54, 1.807) is 0 Å². The Morgan fingerprint density at radius 2 is 2.11 bits per heavy atom. The van der Waals surface area contributed by atoms with Crippen LogP contribution in [0.25, 0.3) is 0 Å². The van der Waals surface area contributed by atoms with Gasteiger partial charge in [0.05, 0.1) is 13.0 Å². The summed E-state index contributed by atoms with van der Waals surface area (Å²) in [4.78, 5) is 11.7. The van der Waals surface area contributed by atoms with Crippen LogP contribution < -0.4 is 0 Å². The average molecular weight is 258 g/mol. The van der Waals surface area contributed by atoms with Crippen molar-refractivity contribution < 1.29 is 18.4 Å². The summed E-state index contributed by atoms with van der Waals surface area (Å²) in [6.07, 6.45) is 3.05. The first-order valence-corrected chi connectivity index (χ1v) is 6.05. The van der Waals surface area contributed by atoms with E-state index in [4.69, 9.17) is 4.74 Å². The van der Waals surface area contributed by atoms with Crippen molar-refractivity contribution in [3.05, 3.63) is 17.2 Å².